The first-order valence-electron chi connectivity index (χ1n) is 10.3. The SMILES string of the molecule is CCCC[C@]1(CC)CS(O)(O)c2cc(CO)c(OC)cc2[C@@H](c2ccccc2)N1. The van der Waals surface area contributed by atoms with Crippen LogP contribution in [-0.2, 0) is 6.61 Å². The molecular weight excluding hydrogens is 386 g/mol. The molecule has 1 aliphatic rings. The summed E-state index contributed by atoms with van der Waals surface area (Å²) in [6.45, 7) is 4.04. The standard InChI is InChI=1S/C23H33NO4S/c1-4-6-12-23(5-2)16-29(26,27)21-13-18(15-25)20(28-3)14-19(21)22(24-23)17-10-8-7-9-11-17/h7-11,13-14,22,24-27H,4-6,12,15-16H2,1-3H3/t22-,23-/m1/s1. The van der Waals surface area contributed by atoms with Gasteiger partial charge in [0.25, 0.3) is 0 Å². The van der Waals surface area contributed by atoms with Crippen LogP contribution in [0.25, 0.3) is 0 Å². The highest BCUT2D eigenvalue weighted by atomic mass is 32.3. The third-order valence-corrected chi connectivity index (χ3v) is 8.01. The van der Waals surface area contributed by atoms with Crippen molar-refractivity contribution in [1.29, 1.82) is 0 Å². The predicted octanol–water partition coefficient (Wildman–Crippen LogP) is 5.33. The van der Waals surface area contributed by atoms with Crippen molar-refractivity contribution in [3.8, 4) is 5.75 Å². The number of methoxy groups -OCH3 is 1. The molecule has 0 aliphatic carbocycles. The van der Waals surface area contributed by atoms with Gasteiger partial charge in [-0.1, -0.05) is 57.0 Å². The molecule has 2 aromatic carbocycles. The summed E-state index contributed by atoms with van der Waals surface area (Å²) in [5, 5.41) is 13.6. The van der Waals surface area contributed by atoms with Crippen molar-refractivity contribution < 1.29 is 18.9 Å². The number of aliphatic hydroxyl groups is 1. The molecule has 2 atom stereocenters. The zero-order valence-corrected chi connectivity index (χ0v) is 18.3. The fourth-order valence-corrected chi connectivity index (χ4v) is 6.52. The van der Waals surface area contributed by atoms with Gasteiger partial charge in [0.05, 0.1) is 30.4 Å². The smallest absolute Gasteiger partial charge is 0.124 e. The van der Waals surface area contributed by atoms with Crippen molar-refractivity contribution >= 4 is 10.6 Å². The van der Waals surface area contributed by atoms with Crippen LogP contribution in [0.4, 0.5) is 0 Å². The van der Waals surface area contributed by atoms with E-state index in [0.717, 1.165) is 36.8 Å². The molecule has 4 N–H and O–H groups in total. The van der Waals surface area contributed by atoms with Crippen LogP contribution in [-0.4, -0.2) is 32.6 Å². The summed E-state index contributed by atoms with van der Waals surface area (Å²) in [5.74, 6) is 0.825. The van der Waals surface area contributed by atoms with Crippen LogP contribution >= 0.6 is 10.6 Å². The lowest BCUT2D eigenvalue weighted by molar-refractivity contribution is 0.273. The Hall–Kier alpha value is -1.57. The molecular formula is C23H33NO4S. The Morgan fingerprint density at radius 2 is 1.90 bits per heavy atom. The molecule has 0 saturated carbocycles. The van der Waals surface area contributed by atoms with E-state index in [4.69, 9.17) is 4.74 Å². The van der Waals surface area contributed by atoms with Crippen LogP contribution in [0.15, 0.2) is 47.4 Å². The molecule has 5 nitrogen and oxygen atoms in total. The predicted molar refractivity (Wildman–Crippen MR) is 119 cm³/mol. The fourth-order valence-electron chi connectivity index (χ4n) is 4.28. The summed E-state index contributed by atoms with van der Waals surface area (Å²) in [6, 6.07) is 13.5. The number of hydrogen-bond acceptors (Lipinski definition) is 5. The molecule has 160 valence electrons. The van der Waals surface area contributed by atoms with Crippen LogP contribution < -0.4 is 10.1 Å². The van der Waals surface area contributed by atoms with E-state index in [0.29, 0.717) is 16.2 Å². The number of unbranched alkanes of at least 4 members (excludes halogenated alkanes) is 1. The highest BCUT2D eigenvalue weighted by Gasteiger charge is 2.42. The fraction of sp³-hybridized carbons (Fsp3) is 0.478. The van der Waals surface area contributed by atoms with Gasteiger partial charge >= 0.3 is 0 Å². The topological polar surface area (TPSA) is 82.0 Å². The Labute approximate surface area is 175 Å². The monoisotopic (exact) mass is 419 g/mol. The lowest BCUT2D eigenvalue weighted by Crippen LogP contribution is -2.49. The average Bonchev–Trinajstić information content (AvgIpc) is 2.84. The van der Waals surface area contributed by atoms with Crippen LogP contribution in [0.2, 0.25) is 0 Å². The first-order chi connectivity index (χ1) is 13.9. The molecule has 6 heteroatoms. The number of hydrogen-bond donors (Lipinski definition) is 4. The van der Waals surface area contributed by atoms with Gasteiger partial charge in [-0.05, 0) is 30.5 Å². The molecule has 0 unspecified atom stereocenters. The van der Waals surface area contributed by atoms with Gasteiger partial charge in [-0.3, -0.25) is 14.4 Å². The Morgan fingerprint density at radius 3 is 2.48 bits per heavy atom. The first kappa shape index (κ1) is 22.1. The summed E-state index contributed by atoms with van der Waals surface area (Å²) < 4.78 is 28.1. The van der Waals surface area contributed by atoms with Crippen LogP contribution in [0.5, 0.6) is 5.75 Å². The Kier molecular flexibility index (Phi) is 6.91. The van der Waals surface area contributed by atoms with Gasteiger partial charge in [0, 0.05) is 16.7 Å². The van der Waals surface area contributed by atoms with E-state index in [2.05, 4.69) is 31.3 Å². The van der Waals surface area contributed by atoms with Gasteiger partial charge in [-0.2, -0.15) is 10.6 Å². The van der Waals surface area contributed by atoms with Crippen molar-refractivity contribution in [2.24, 2.45) is 0 Å². The highest BCUT2D eigenvalue weighted by Crippen LogP contribution is 2.57. The van der Waals surface area contributed by atoms with E-state index in [1.807, 2.05) is 24.3 Å². The number of benzene rings is 2. The summed E-state index contributed by atoms with van der Waals surface area (Å²) in [4.78, 5) is 0.510. The summed E-state index contributed by atoms with van der Waals surface area (Å²) >= 11 is 0. The van der Waals surface area contributed by atoms with Crippen LogP contribution in [0.3, 0.4) is 0 Å². The van der Waals surface area contributed by atoms with Crippen molar-refractivity contribution in [2.75, 3.05) is 12.9 Å². The van der Waals surface area contributed by atoms with Gasteiger partial charge in [0.15, 0.2) is 0 Å². The lowest BCUT2D eigenvalue weighted by Gasteiger charge is -2.42. The average molecular weight is 420 g/mol. The molecule has 1 heterocycles. The summed E-state index contributed by atoms with van der Waals surface area (Å²) in [7, 11) is -1.49. The minimum atomic E-state index is -3.06. The Balaban J connectivity index is 2.24. The van der Waals surface area contributed by atoms with E-state index in [1.165, 1.54) is 0 Å². The second kappa shape index (κ2) is 9.06. The Morgan fingerprint density at radius 1 is 1.17 bits per heavy atom. The summed E-state index contributed by atoms with van der Waals surface area (Å²) in [5.41, 5.74) is 2.05. The zero-order valence-electron chi connectivity index (χ0n) is 17.5. The number of rotatable bonds is 7. The minimum Gasteiger partial charge on any atom is -0.496 e. The van der Waals surface area contributed by atoms with E-state index < -0.39 is 10.6 Å². The number of ether oxygens (including phenoxy) is 1. The lowest BCUT2D eigenvalue weighted by atomic mass is 9.88. The van der Waals surface area contributed by atoms with Gasteiger partial charge in [-0.25, -0.2) is 0 Å². The van der Waals surface area contributed by atoms with Gasteiger partial charge in [0.1, 0.15) is 5.75 Å². The largest absolute Gasteiger partial charge is 0.496 e. The number of nitrogens with one attached hydrogen (secondary N) is 1. The molecule has 0 saturated heterocycles. The maximum absolute atomic E-state index is 11.3. The van der Waals surface area contributed by atoms with Gasteiger partial charge in [-0.15, -0.1) is 0 Å². The summed E-state index contributed by atoms with van der Waals surface area (Å²) in [6.07, 6.45) is 3.73. The van der Waals surface area contributed by atoms with Crippen molar-refractivity contribution in [2.45, 2.75) is 62.6 Å². The molecule has 29 heavy (non-hydrogen) atoms. The third kappa shape index (κ3) is 4.47. The molecule has 0 amide bonds. The maximum Gasteiger partial charge on any atom is 0.124 e. The van der Waals surface area contributed by atoms with Crippen LogP contribution in [0, 0.1) is 0 Å². The van der Waals surface area contributed by atoms with Crippen molar-refractivity contribution in [1.82, 2.24) is 5.32 Å². The van der Waals surface area contributed by atoms with E-state index in [9.17, 15) is 14.2 Å². The third-order valence-electron chi connectivity index (χ3n) is 5.99. The highest BCUT2D eigenvalue weighted by molar-refractivity contribution is 8.24. The van der Waals surface area contributed by atoms with Crippen molar-refractivity contribution in [3.63, 3.8) is 0 Å². The number of aliphatic hydroxyl groups excluding tert-OH is 1. The molecule has 1 aliphatic heterocycles. The number of fused-ring (bicyclic) bond motifs is 1. The Bertz CT molecular complexity index is 827. The minimum absolute atomic E-state index is 0.196. The maximum atomic E-state index is 11.3. The molecule has 0 spiro atoms. The molecule has 0 aromatic heterocycles. The van der Waals surface area contributed by atoms with Crippen molar-refractivity contribution in [3.05, 3.63) is 59.2 Å². The van der Waals surface area contributed by atoms with Gasteiger partial charge < -0.3 is 9.84 Å². The zero-order chi connectivity index (χ0) is 21.1. The van der Waals surface area contributed by atoms with E-state index >= 15 is 0 Å². The van der Waals surface area contributed by atoms with E-state index in [-0.39, 0.29) is 23.9 Å². The second-order valence-electron chi connectivity index (χ2n) is 7.90. The van der Waals surface area contributed by atoms with Gasteiger partial charge in [0.2, 0.25) is 0 Å². The second-order valence-corrected chi connectivity index (χ2v) is 9.96. The van der Waals surface area contributed by atoms with E-state index in [1.54, 1.807) is 13.2 Å². The van der Waals surface area contributed by atoms with Crippen LogP contribution in [0.1, 0.15) is 62.3 Å². The molecule has 0 radical (unpaired) electrons. The quantitative estimate of drug-likeness (QED) is 0.488. The molecule has 3 rings (SSSR count). The molecule has 0 bridgehead atoms. The molecule has 0 fully saturated rings. The molecule has 2 aromatic rings. The first-order valence-corrected chi connectivity index (χ1v) is 12.0. The normalized spacial score (nSPS) is 24.4.